The molecule has 4 rings (SSSR count). The lowest BCUT2D eigenvalue weighted by Gasteiger charge is -2.33. The Hall–Kier alpha value is -2.58. The summed E-state index contributed by atoms with van der Waals surface area (Å²) < 4.78 is 15.4. The van der Waals surface area contributed by atoms with Gasteiger partial charge in [0, 0.05) is 15.6 Å². The number of amides is 1. The van der Waals surface area contributed by atoms with Crippen LogP contribution < -0.4 is 4.90 Å². The summed E-state index contributed by atoms with van der Waals surface area (Å²) in [6.07, 6.45) is 0. The molecule has 2 aromatic carbocycles. The second-order valence-electron chi connectivity index (χ2n) is 6.92. The Bertz CT molecular complexity index is 1000. The third-order valence-corrected chi connectivity index (χ3v) is 5.05. The number of hydrogen-bond donors (Lipinski definition) is 0. The minimum absolute atomic E-state index is 0.0966. The maximum Gasteiger partial charge on any atom is 0.263 e. The van der Waals surface area contributed by atoms with Crippen molar-refractivity contribution in [1.29, 1.82) is 0 Å². The monoisotopic (exact) mass is 443 g/mol. The fraction of sp³-hybridized carbons (Fsp3) is 0.250. The van der Waals surface area contributed by atoms with E-state index >= 15 is 0 Å². The Morgan fingerprint density at radius 1 is 1.18 bits per heavy atom. The fourth-order valence-corrected chi connectivity index (χ4v) is 3.69. The van der Waals surface area contributed by atoms with Gasteiger partial charge in [-0.05, 0) is 44.4 Å². The minimum atomic E-state index is -0.334. The standard InChI is InChI=1S/C20H19BrFN5O/c1-25(2)12-27-19(28)11-26-17-8-7-13(21)9-15(17)20(23-10-18(26)24-27)14-5-3-4-6-16(14)22/h3-9H,10-12H2,1-2H3. The van der Waals surface area contributed by atoms with Crippen LogP contribution in [0.4, 0.5) is 10.1 Å². The molecule has 144 valence electrons. The Labute approximate surface area is 171 Å². The first-order valence-electron chi connectivity index (χ1n) is 8.83. The molecule has 0 N–H and O–H groups in total. The van der Waals surface area contributed by atoms with Crippen molar-refractivity contribution >= 4 is 39.1 Å². The molecular weight excluding hydrogens is 425 g/mol. The molecule has 0 unspecified atom stereocenters. The fourth-order valence-electron chi connectivity index (χ4n) is 3.33. The summed E-state index contributed by atoms with van der Waals surface area (Å²) in [5.41, 5.74) is 2.54. The van der Waals surface area contributed by atoms with E-state index in [-0.39, 0.29) is 24.8 Å². The van der Waals surface area contributed by atoms with Crippen LogP contribution in [0.3, 0.4) is 0 Å². The third kappa shape index (κ3) is 3.45. The van der Waals surface area contributed by atoms with Crippen molar-refractivity contribution in [1.82, 2.24) is 9.91 Å². The topological polar surface area (TPSA) is 51.5 Å². The van der Waals surface area contributed by atoms with Gasteiger partial charge in [0.05, 0.1) is 24.6 Å². The van der Waals surface area contributed by atoms with Gasteiger partial charge in [0.15, 0.2) is 5.84 Å². The van der Waals surface area contributed by atoms with Crippen LogP contribution in [0.5, 0.6) is 0 Å². The maximum atomic E-state index is 14.5. The molecule has 8 heteroatoms. The average molecular weight is 444 g/mol. The van der Waals surface area contributed by atoms with Gasteiger partial charge in [0.1, 0.15) is 12.4 Å². The molecule has 0 radical (unpaired) electrons. The van der Waals surface area contributed by atoms with Gasteiger partial charge in [-0.3, -0.25) is 14.7 Å². The Morgan fingerprint density at radius 2 is 1.96 bits per heavy atom. The van der Waals surface area contributed by atoms with Gasteiger partial charge in [-0.2, -0.15) is 5.10 Å². The van der Waals surface area contributed by atoms with Gasteiger partial charge in [-0.25, -0.2) is 9.40 Å². The number of hydrazone groups is 1. The highest BCUT2D eigenvalue weighted by atomic mass is 79.9. The number of halogens is 2. The second kappa shape index (κ2) is 7.44. The number of fused-ring (bicyclic) bond motifs is 3. The number of nitrogens with zero attached hydrogens (tertiary/aromatic N) is 5. The van der Waals surface area contributed by atoms with Gasteiger partial charge in [0.25, 0.3) is 5.91 Å². The molecule has 0 saturated carbocycles. The Morgan fingerprint density at radius 3 is 2.71 bits per heavy atom. The molecule has 2 heterocycles. The molecule has 2 aromatic rings. The summed E-state index contributed by atoms with van der Waals surface area (Å²) in [5.74, 6) is 0.233. The van der Waals surface area contributed by atoms with Crippen LogP contribution in [0.25, 0.3) is 0 Å². The maximum absolute atomic E-state index is 14.5. The number of carbonyl (C=O) groups excluding carboxylic acids is 1. The zero-order chi connectivity index (χ0) is 19.8. The number of hydrogen-bond acceptors (Lipinski definition) is 5. The molecule has 0 atom stereocenters. The average Bonchev–Trinajstić information content (AvgIpc) is 2.79. The van der Waals surface area contributed by atoms with Gasteiger partial charge < -0.3 is 4.90 Å². The first-order valence-corrected chi connectivity index (χ1v) is 9.62. The molecule has 6 nitrogen and oxygen atoms in total. The van der Waals surface area contributed by atoms with Gasteiger partial charge in [-0.1, -0.05) is 28.1 Å². The summed E-state index contributed by atoms with van der Waals surface area (Å²) >= 11 is 3.49. The largest absolute Gasteiger partial charge is 0.317 e. The van der Waals surface area contributed by atoms with Crippen molar-refractivity contribution < 1.29 is 9.18 Å². The first kappa shape index (κ1) is 18.8. The van der Waals surface area contributed by atoms with Crippen LogP contribution in [-0.4, -0.2) is 61.2 Å². The second-order valence-corrected chi connectivity index (χ2v) is 7.84. The molecule has 0 aromatic heterocycles. The van der Waals surface area contributed by atoms with Crippen LogP contribution in [-0.2, 0) is 4.79 Å². The summed E-state index contributed by atoms with van der Waals surface area (Å²) in [5, 5.41) is 5.98. The van der Waals surface area contributed by atoms with Crippen molar-refractivity contribution in [3.63, 3.8) is 0 Å². The number of rotatable bonds is 3. The van der Waals surface area contributed by atoms with E-state index in [1.807, 2.05) is 42.1 Å². The first-order chi connectivity index (χ1) is 13.4. The molecule has 2 aliphatic rings. The van der Waals surface area contributed by atoms with E-state index in [4.69, 9.17) is 4.99 Å². The summed E-state index contributed by atoms with van der Waals surface area (Å²) in [4.78, 5) is 21.1. The lowest BCUT2D eigenvalue weighted by Crippen LogP contribution is -2.50. The lowest BCUT2D eigenvalue weighted by molar-refractivity contribution is -0.131. The van der Waals surface area contributed by atoms with Crippen LogP contribution >= 0.6 is 15.9 Å². The number of aliphatic imine (C=N–C) groups is 1. The van der Waals surface area contributed by atoms with Crippen LogP contribution in [0.1, 0.15) is 11.1 Å². The van der Waals surface area contributed by atoms with E-state index < -0.39 is 0 Å². The molecule has 0 saturated heterocycles. The summed E-state index contributed by atoms with van der Waals surface area (Å²) in [6.45, 7) is 0.821. The highest BCUT2D eigenvalue weighted by molar-refractivity contribution is 9.10. The van der Waals surface area contributed by atoms with Gasteiger partial charge in [0.2, 0.25) is 0 Å². The number of carbonyl (C=O) groups is 1. The van der Waals surface area contributed by atoms with Crippen LogP contribution in [0, 0.1) is 5.82 Å². The highest BCUT2D eigenvalue weighted by Crippen LogP contribution is 2.31. The zero-order valence-electron chi connectivity index (χ0n) is 15.6. The molecule has 0 bridgehead atoms. The van der Waals surface area contributed by atoms with Crippen LogP contribution in [0.2, 0.25) is 0 Å². The lowest BCUT2D eigenvalue weighted by atomic mass is 9.99. The van der Waals surface area contributed by atoms with Crippen LogP contribution in [0.15, 0.2) is 57.0 Å². The quantitative estimate of drug-likeness (QED) is 0.732. The van der Waals surface area contributed by atoms with E-state index in [1.54, 1.807) is 18.2 Å². The summed E-state index contributed by atoms with van der Waals surface area (Å²) in [6, 6.07) is 12.3. The summed E-state index contributed by atoms with van der Waals surface area (Å²) in [7, 11) is 3.77. The zero-order valence-corrected chi connectivity index (χ0v) is 17.1. The van der Waals surface area contributed by atoms with Crippen molar-refractivity contribution in [2.75, 3.05) is 38.8 Å². The SMILES string of the molecule is CN(C)CN1N=C2CN=C(c3ccccc3F)c3cc(Br)ccc3N2CC1=O. The van der Waals surface area contributed by atoms with Crippen molar-refractivity contribution in [2.24, 2.45) is 10.1 Å². The molecule has 0 spiro atoms. The normalized spacial score (nSPS) is 16.4. The van der Waals surface area contributed by atoms with Gasteiger partial charge in [-0.15, -0.1) is 0 Å². The van der Waals surface area contributed by atoms with Crippen molar-refractivity contribution in [2.45, 2.75) is 0 Å². The highest BCUT2D eigenvalue weighted by Gasteiger charge is 2.32. The van der Waals surface area contributed by atoms with E-state index in [1.165, 1.54) is 11.1 Å². The van der Waals surface area contributed by atoms with E-state index in [0.29, 0.717) is 23.8 Å². The molecular formula is C20H19BrFN5O. The predicted molar refractivity (Wildman–Crippen MR) is 111 cm³/mol. The number of amidine groups is 1. The third-order valence-electron chi connectivity index (χ3n) is 4.56. The molecule has 0 fully saturated rings. The Balaban J connectivity index is 1.86. The minimum Gasteiger partial charge on any atom is -0.317 e. The smallest absolute Gasteiger partial charge is 0.263 e. The van der Waals surface area contributed by atoms with Crippen molar-refractivity contribution in [3.05, 3.63) is 63.9 Å². The predicted octanol–water partition coefficient (Wildman–Crippen LogP) is 2.92. The molecule has 1 amide bonds. The molecule has 0 aliphatic carbocycles. The molecule has 2 aliphatic heterocycles. The number of anilines is 1. The number of benzene rings is 2. The molecule has 28 heavy (non-hydrogen) atoms. The van der Waals surface area contributed by atoms with E-state index in [2.05, 4.69) is 21.0 Å². The van der Waals surface area contributed by atoms with E-state index in [0.717, 1.165) is 15.7 Å². The van der Waals surface area contributed by atoms with Gasteiger partial charge >= 0.3 is 0 Å². The Kier molecular flexibility index (Phi) is 4.99. The van der Waals surface area contributed by atoms with Crippen molar-refractivity contribution in [3.8, 4) is 0 Å². The van der Waals surface area contributed by atoms with E-state index in [9.17, 15) is 9.18 Å².